The number of hydrogen-bond donors (Lipinski definition) is 2. The summed E-state index contributed by atoms with van der Waals surface area (Å²) in [4.78, 5) is 4.61. The molecule has 2 aromatic rings. The maximum absolute atomic E-state index is 9.29. The van der Waals surface area contributed by atoms with Crippen molar-refractivity contribution in [2.24, 2.45) is 11.7 Å². The second-order valence-electron chi connectivity index (χ2n) is 5.36. The zero-order valence-electron chi connectivity index (χ0n) is 11.3. The van der Waals surface area contributed by atoms with Crippen LogP contribution in [0.15, 0.2) is 30.3 Å². The Hall–Kier alpha value is -2.12. The molecule has 4 heteroatoms. The topological polar surface area (TPSA) is 74.7 Å². The minimum Gasteiger partial charge on any atom is -0.367 e. The Bertz CT molecular complexity index is 659. The largest absolute Gasteiger partial charge is 0.367 e. The molecule has 0 radical (unpaired) electrons. The van der Waals surface area contributed by atoms with E-state index < -0.39 is 0 Å². The number of anilines is 1. The molecule has 0 amide bonds. The van der Waals surface area contributed by atoms with E-state index in [-0.39, 0.29) is 0 Å². The van der Waals surface area contributed by atoms with Crippen LogP contribution in [0.3, 0.4) is 0 Å². The number of nitrogens with two attached hydrogens (primary N) is 1. The summed E-state index contributed by atoms with van der Waals surface area (Å²) >= 11 is 0. The van der Waals surface area contributed by atoms with E-state index in [2.05, 4.69) is 16.4 Å². The fourth-order valence-electron chi connectivity index (χ4n) is 3.04. The van der Waals surface area contributed by atoms with Crippen molar-refractivity contribution in [2.45, 2.75) is 25.3 Å². The van der Waals surface area contributed by atoms with Gasteiger partial charge >= 0.3 is 0 Å². The molecule has 4 nitrogen and oxygen atoms in total. The van der Waals surface area contributed by atoms with E-state index in [1.54, 1.807) is 0 Å². The van der Waals surface area contributed by atoms with Crippen LogP contribution >= 0.6 is 0 Å². The number of para-hydroxylation sites is 1. The molecule has 0 saturated heterocycles. The Morgan fingerprint density at radius 2 is 2.20 bits per heavy atom. The van der Waals surface area contributed by atoms with Gasteiger partial charge in [0.15, 0.2) is 0 Å². The average Bonchev–Trinajstić information content (AvgIpc) is 2.93. The molecular formula is C16H18N4. The first-order valence-electron chi connectivity index (χ1n) is 7.08. The zero-order chi connectivity index (χ0) is 13.9. The third-order valence-corrected chi connectivity index (χ3v) is 4.13. The van der Waals surface area contributed by atoms with Crippen LogP contribution in [0.25, 0.3) is 10.9 Å². The van der Waals surface area contributed by atoms with Gasteiger partial charge in [0, 0.05) is 11.4 Å². The fourth-order valence-corrected chi connectivity index (χ4v) is 3.04. The molecule has 1 fully saturated rings. The van der Waals surface area contributed by atoms with Crippen molar-refractivity contribution in [3.8, 4) is 6.07 Å². The highest BCUT2D eigenvalue weighted by Crippen LogP contribution is 2.28. The average molecular weight is 266 g/mol. The number of aromatic nitrogens is 1. The molecule has 2 atom stereocenters. The Labute approximate surface area is 118 Å². The van der Waals surface area contributed by atoms with Gasteiger partial charge in [0.2, 0.25) is 0 Å². The SMILES string of the molecule is N#Cc1cc(NC2CCCC2CN)nc2ccccc12. The molecule has 2 unspecified atom stereocenters. The molecule has 0 bridgehead atoms. The third-order valence-electron chi connectivity index (χ3n) is 4.13. The van der Waals surface area contributed by atoms with Crippen LogP contribution in [0.1, 0.15) is 24.8 Å². The monoisotopic (exact) mass is 266 g/mol. The van der Waals surface area contributed by atoms with Crippen molar-refractivity contribution in [2.75, 3.05) is 11.9 Å². The van der Waals surface area contributed by atoms with E-state index >= 15 is 0 Å². The van der Waals surface area contributed by atoms with Gasteiger partial charge in [0.25, 0.3) is 0 Å². The Morgan fingerprint density at radius 1 is 1.35 bits per heavy atom. The van der Waals surface area contributed by atoms with Crippen molar-refractivity contribution in [1.82, 2.24) is 4.98 Å². The number of benzene rings is 1. The van der Waals surface area contributed by atoms with Crippen molar-refractivity contribution in [1.29, 1.82) is 5.26 Å². The zero-order valence-corrected chi connectivity index (χ0v) is 11.3. The minimum atomic E-state index is 0.375. The normalized spacial score (nSPS) is 21.8. The van der Waals surface area contributed by atoms with Crippen molar-refractivity contribution in [3.63, 3.8) is 0 Å². The minimum absolute atomic E-state index is 0.375. The van der Waals surface area contributed by atoms with Gasteiger partial charge in [0.05, 0.1) is 17.1 Å². The first-order chi connectivity index (χ1) is 9.81. The summed E-state index contributed by atoms with van der Waals surface area (Å²) < 4.78 is 0. The predicted molar refractivity (Wildman–Crippen MR) is 80.3 cm³/mol. The second-order valence-corrected chi connectivity index (χ2v) is 5.36. The van der Waals surface area contributed by atoms with Gasteiger partial charge in [0.1, 0.15) is 5.82 Å². The lowest BCUT2D eigenvalue weighted by atomic mass is 10.0. The summed E-state index contributed by atoms with van der Waals surface area (Å²) in [6.07, 6.45) is 3.50. The van der Waals surface area contributed by atoms with Crippen LogP contribution in [0, 0.1) is 17.2 Å². The fraction of sp³-hybridized carbons (Fsp3) is 0.375. The van der Waals surface area contributed by atoms with Crippen LogP contribution in [0.2, 0.25) is 0 Å². The third kappa shape index (κ3) is 2.33. The van der Waals surface area contributed by atoms with Gasteiger partial charge in [-0.2, -0.15) is 5.26 Å². The molecule has 1 aromatic carbocycles. The molecule has 1 heterocycles. The number of pyridine rings is 1. The summed E-state index contributed by atoms with van der Waals surface area (Å²) in [5.41, 5.74) is 7.34. The molecule has 1 aliphatic carbocycles. The summed E-state index contributed by atoms with van der Waals surface area (Å²) in [6, 6.07) is 12.2. The quantitative estimate of drug-likeness (QED) is 0.895. The highest BCUT2D eigenvalue weighted by molar-refractivity contribution is 5.86. The van der Waals surface area contributed by atoms with E-state index in [1.165, 1.54) is 12.8 Å². The van der Waals surface area contributed by atoms with Crippen LogP contribution in [-0.2, 0) is 0 Å². The lowest BCUT2D eigenvalue weighted by Crippen LogP contribution is -2.29. The number of nitrogens with one attached hydrogen (secondary N) is 1. The number of nitrogens with zero attached hydrogens (tertiary/aromatic N) is 2. The van der Waals surface area contributed by atoms with Gasteiger partial charge in [-0.15, -0.1) is 0 Å². The highest BCUT2D eigenvalue weighted by Gasteiger charge is 2.26. The van der Waals surface area contributed by atoms with Gasteiger partial charge in [-0.25, -0.2) is 4.98 Å². The lowest BCUT2D eigenvalue weighted by molar-refractivity contribution is 0.515. The molecule has 102 valence electrons. The van der Waals surface area contributed by atoms with Gasteiger partial charge < -0.3 is 11.1 Å². The molecule has 3 rings (SSSR count). The van der Waals surface area contributed by atoms with Gasteiger partial charge in [-0.05, 0) is 37.4 Å². The van der Waals surface area contributed by atoms with Gasteiger partial charge in [-0.1, -0.05) is 24.6 Å². The van der Waals surface area contributed by atoms with E-state index in [0.29, 0.717) is 24.1 Å². The molecule has 1 aromatic heterocycles. The number of fused-ring (bicyclic) bond motifs is 1. The summed E-state index contributed by atoms with van der Waals surface area (Å²) in [7, 11) is 0. The second kappa shape index (κ2) is 5.48. The molecule has 0 spiro atoms. The van der Waals surface area contributed by atoms with Crippen LogP contribution in [0.5, 0.6) is 0 Å². The van der Waals surface area contributed by atoms with Crippen molar-refractivity contribution < 1.29 is 0 Å². The molecule has 3 N–H and O–H groups in total. The lowest BCUT2D eigenvalue weighted by Gasteiger charge is -2.20. The first kappa shape index (κ1) is 12.9. The van der Waals surface area contributed by atoms with E-state index in [9.17, 15) is 5.26 Å². The van der Waals surface area contributed by atoms with Crippen LogP contribution in [0.4, 0.5) is 5.82 Å². The van der Waals surface area contributed by atoms with E-state index in [1.807, 2.05) is 30.3 Å². The first-order valence-corrected chi connectivity index (χ1v) is 7.08. The van der Waals surface area contributed by atoms with E-state index in [4.69, 9.17) is 5.73 Å². The molecule has 0 aliphatic heterocycles. The van der Waals surface area contributed by atoms with Crippen LogP contribution in [-0.4, -0.2) is 17.6 Å². The summed E-state index contributed by atoms with van der Waals surface area (Å²) in [5.74, 6) is 1.29. The number of rotatable bonds is 3. The standard InChI is InChI=1S/C16H18N4/c17-9-11-4-3-7-14(11)19-16-8-12(10-18)13-5-1-2-6-15(13)20-16/h1-2,5-6,8,11,14H,3-4,7,9,17H2,(H,19,20). The van der Waals surface area contributed by atoms with Crippen molar-refractivity contribution >= 4 is 16.7 Å². The predicted octanol–water partition coefficient (Wildman–Crippen LogP) is 2.65. The Kier molecular flexibility index (Phi) is 3.53. The maximum Gasteiger partial charge on any atom is 0.128 e. The molecule has 20 heavy (non-hydrogen) atoms. The van der Waals surface area contributed by atoms with Crippen LogP contribution < -0.4 is 11.1 Å². The summed E-state index contributed by atoms with van der Waals surface area (Å²) in [6.45, 7) is 0.705. The molecule has 1 saturated carbocycles. The Balaban J connectivity index is 1.94. The molecular weight excluding hydrogens is 248 g/mol. The maximum atomic E-state index is 9.29. The smallest absolute Gasteiger partial charge is 0.128 e. The highest BCUT2D eigenvalue weighted by atomic mass is 15.0. The van der Waals surface area contributed by atoms with Crippen molar-refractivity contribution in [3.05, 3.63) is 35.9 Å². The molecule has 1 aliphatic rings. The van der Waals surface area contributed by atoms with E-state index in [0.717, 1.165) is 23.1 Å². The summed E-state index contributed by atoms with van der Waals surface area (Å²) in [5, 5.41) is 13.7. The Morgan fingerprint density at radius 3 is 3.00 bits per heavy atom. The number of nitriles is 1. The number of hydrogen-bond acceptors (Lipinski definition) is 4. The van der Waals surface area contributed by atoms with Gasteiger partial charge in [-0.3, -0.25) is 0 Å².